The van der Waals surface area contributed by atoms with Gasteiger partial charge in [0.2, 0.25) is 5.91 Å². The van der Waals surface area contributed by atoms with E-state index in [9.17, 15) is 14.4 Å². The Hall–Kier alpha value is -3.35. The maximum Gasteiger partial charge on any atom is 0.407 e. The number of aliphatic carboxylic acids is 1. The van der Waals surface area contributed by atoms with Gasteiger partial charge in [-0.25, -0.2) is 4.79 Å². The molecule has 0 aromatic heterocycles. The summed E-state index contributed by atoms with van der Waals surface area (Å²) in [6.45, 7) is 6.32. The first-order chi connectivity index (χ1) is 15.7. The lowest BCUT2D eigenvalue weighted by atomic mass is 9.86. The Morgan fingerprint density at radius 2 is 1.61 bits per heavy atom. The van der Waals surface area contributed by atoms with Crippen molar-refractivity contribution >= 4 is 18.0 Å². The number of ether oxygens (including phenoxy) is 1. The third kappa shape index (κ3) is 4.72. The number of hydrogen-bond acceptors (Lipinski definition) is 4. The largest absolute Gasteiger partial charge is 0.481 e. The van der Waals surface area contributed by atoms with Gasteiger partial charge < -0.3 is 20.1 Å². The molecule has 7 nitrogen and oxygen atoms in total. The van der Waals surface area contributed by atoms with Gasteiger partial charge in [0.1, 0.15) is 6.61 Å². The van der Waals surface area contributed by atoms with Crippen LogP contribution in [0, 0.1) is 11.8 Å². The quantitative estimate of drug-likeness (QED) is 0.668. The van der Waals surface area contributed by atoms with Crippen molar-refractivity contribution in [3.63, 3.8) is 0 Å². The number of nitrogens with one attached hydrogen (secondary N) is 1. The predicted octanol–water partition coefficient (Wildman–Crippen LogP) is 3.87. The van der Waals surface area contributed by atoms with Gasteiger partial charge in [-0.1, -0.05) is 55.5 Å². The van der Waals surface area contributed by atoms with Crippen molar-refractivity contribution in [3.8, 4) is 11.1 Å². The molecule has 0 spiro atoms. The van der Waals surface area contributed by atoms with Crippen LogP contribution in [0.4, 0.5) is 4.79 Å². The minimum absolute atomic E-state index is 0.0235. The van der Waals surface area contributed by atoms with Crippen LogP contribution in [0.2, 0.25) is 0 Å². The number of carboxylic acid groups (broad SMARTS) is 1. The molecule has 1 fully saturated rings. The summed E-state index contributed by atoms with van der Waals surface area (Å²) < 4.78 is 5.59. The summed E-state index contributed by atoms with van der Waals surface area (Å²) in [5, 5.41) is 11.9. The van der Waals surface area contributed by atoms with Crippen LogP contribution in [-0.4, -0.2) is 53.2 Å². The van der Waals surface area contributed by atoms with Crippen LogP contribution in [0.1, 0.15) is 44.2 Å². The summed E-state index contributed by atoms with van der Waals surface area (Å²) in [6.07, 6.45) is -0.443. The molecule has 0 radical (unpaired) electrons. The second kappa shape index (κ2) is 8.89. The first-order valence-electron chi connectivity index (χ1n) is 11.3. The van der Waals surface area contributed by atoms with Crippen molar-refractivity contribution in [1.29, 1.82) is 0 Å². The van der Waals surface area contributed by atoms with E-state index in [2.05, 4.69) is 29.6 Å². The molecule has 2 aromatic rings. The number of amides is 2. The zero-order valence-electron chi connectivity index (χ0n) is 19.2. The first kappa shape index (κ1) is 22.8. The number of nitrogens with zero attached hydrogens (tertiary/aromatic N) is 1. The summed E-state index contributed by atoms with van der Waals surface area (Å²) in [7, 11) is 0. The van der Waals surface area contributed by atoms with E-state index >= 15 is 0 Å². The molecule has 1 heterocycles. The monoisotopic (exact) mass is 450 g/mol. The third-order valence-corrected chi connectivity index (χ3v) is 6.74. The fourth-order valence-electron chi connectivity index (χ4n) is 4.68. The average molecular weight is 451 g/mol. The lowest BCUT2D eigenvalue weighted by molar-refractivity contribution is -0.151. The van der Waals surface area contributed by atoms with Crippen molar-refractivity contribution in [2.24, 2.45) is 11.8 Å². The van der Waals surface area contributed by atoms with Crippen LogP contribution in [0.15, 0.2) is 48.5 Å². The molecule has 1 atom stereocenters. The Balaban J connectivity index is 1.30. The van der Waals surface area contributed by atoms with E-state index in [1.54, 1.807) is 25.7 Å². The molecule has 0 saturated carbocycles. The minimum Gasteiger partial charge on any atom is -0.481 e. The van der Waals surface area contributed by atoms with Crippen LogP contribution in [0.3, 0.4) is 0 Å². The van der Waals surface area contributed by atoms with Gasteiger partial charge in [0.15, 0.2) is 0 Å². The lowest BCUT2D eigenvalue weighted by Gasteiger charge is -2.42. The molecule has 1 aliphatic carbocycles. The summed E-state index contributed by atoms with van der Waals surface area (Å²) in [5.74, 6) is -1.47. The van der Waals surface area contributed by atoms with Gasteiger partial charge in [-0.2, -0.15) is 0 Å². The maximum atomic E-state index is 12.6. The van der Waals surface area contributed by atoms with E-state index in [1.807, 2.05) is 24.3 Å². The van der Waals surface area contributed by atoms with Crippen molar-refractivity contribution in [2.75, 3.05) is 19.7 Å². The topological polar surface area (TPSA) is 95.9 Å². The van der Waals surface area contributed by atoms with E-state index in [0.29, 0.717) is 13.1 Å². The first-order valence-corrected chi connectivity index (χ1v) is 11.3. The second-order valence-corrected chi connectivity index (χ2v) is 9.70. The molecule has 1 aliphatic heterocycles. The molecule has 2 aromatic carbocycles. The highest BCUT2D eigenvalue weighted by Crippen LogP contribution is 2.44. The summed E-state index contributed by atoms with van der Waals surface area (Å²) >= 11 is 0. The van der Waals surface area contributed by atoms with Gasteiger partial charge in [-0.05, 0) is 36.1 Å². The Kier molecular flexibility index (Phi) is 6.15. The fraction of sp³-hybridized carbons (Fsp3) is 0.423. The van der Waals surface area contributed by atoms with Crippen LogP contribution in [0.5, 0.6) is 0 Å². The van der Waals surface area contributed by atoms with E-state index in [-0.39, 0.29) is 30.8 Å². The Morgan fingerprint density at radius 3 is 2.15 bits per heavy atom. The average Bonchev–Trinajstić information content (AvgIpc) is 3.04. The molecule has 2 N–H and O–H groups in total. The molecule has 1 unspecified atom stereocenters. The van der Waals surface area contributed by atoms with Crippen molar-refractivity contribution in [3.05, 3.63) is 59.7 Å². The third-order valence-electron chi connectivity index (χ3n) is 6.74. The molecular formula is C26H30N2O5. The fourth-order valence-corrected chi connectivity index (χ4v) is 4.68. The standard InChI is InChI=1S/C26H30N2O5/c1-16(24(30)31)17-13-28(14-17)23(29)12-26(2,3)27-25(32)33-15-22-20-10-6-4-8-18(20)19-9-5-7-11-21(19)22/h4-11,16-17,22H,12-15H2,1-3H3,(H,27,32)(H,30,31). The number of carboxylic acids is 1. The van der Waals surface area contributed by atoms with Crippen molar-refractivity contribution < 1.29 is 24.2 Å². The molecule has 4 rings (SSSR count). The van der Waals surface area contributed by atoms with E-state index in [1.165, 1.54) is 0 Å². The smallest absolute Gasteiger partial charge is 0.407 e. The summed E-state index contributed by atoms with van der Waals surface area (Å²) in [5.41, 5.74) is 3.83. The highest BCUT2D eigenvalue weighted by molar-refractivity contribution is 5.81. The van der Waals surface area contributed by atoms with Crippen LogP contribution >= 0.6 is 0 Å². The van der Waals surface area contributed by atoms with Gasteiger partial charge in [0.05, 0.1) is 5.92 Å². The molecule has 0 bridgehead atoms. The van der Waals surface area contributed by atoms with Gasteiger partial charge >= 0.3 is 12.1 Å². The molecular weight excluding hydrogens is 420 g/mol. The highest BCUT2D eigenvalue weighted by atomic mass is 16.5. The van der Waals surface area contributed by atoms with Crippen molar-refractivity contribution in [2.45, 2.75) is 38.6 Å². The van der Waals surface area contributed by atoms with Crippen LogP contribution in [0.25, 0.3) is 11.1 Å². The number of carbonyl (C=O) groups excluding carboxylic acids is 2. The van der Waals surface area contributed by atoms with Gasteiger partial charge in [-0.15, -0.1) is 0 Å². The molecule has 1 saturated heterocycles. The zero-order chi connectivity index (χ0) is 23.8. The van der Waals surface area contributed by atoms with E-state index in [0.717, 1.165) is 22.3 Å². The number of alkyl carbamates (subject to hydrolysis) is 1. The molecule has 2 aliphatic rings. The minimum atomic E-state index is -0.843. The SMILES string of the molecule is CC(C(=O)O)C1CN(C(=O)CC(C)(C)NC(=O)OCC2c3ccccc3-c3ccccc32)C1. The number of likely N-dealkylation sites (tertiary alicyclic amines) is 1. The zero-order valence-corrected chi connectivity index (χ0v) is 19.2. The van der Waals surface area contributed by atoms with E-state index < -0.39 is 23.5 Å². The number of hydrogen-bond donors (Lipinski definition) is 2. The summed E-state index contributed by atoms with van der Waals surface area (Å²) in [4.78, 5) is 37.9. The molecule has 33 heavy (non-hydrogen) atoms. The molecule has 2 amide bonds. The number of benzene rings is 2. The van der Waals surface area contributed by atoms with Crippen LogP contribution < -0.4 is 5.32 Å². The molecule has 174 valence electrons. The Labute approximate surface area is 193 Å². The Morgan fingerprint density at radius 1 is 1.06 bits per heavy atom. The van der Waals surface area contributed by atoms with Crippen molar-refractivity contribution in [1.82, 2.24) is 10.2 Å². The number of fused-ring (bicyclic) bond motifs is 3. The maximum absolute atomic E-state index is 12.6. The highest BCUT2D eigenvalue weighted by Gasteiger charge is 2.39. The number of rotatable bonds is 7. The second-order valence-electron chi connectivity index (χ2n) is 9.70. The predicted molar refractivity (Wildman–Crippen MR) is 124 cm³/mol. The molecule has 7 heteroatoms. The lowest BCUT2D eigenvalue weighted by Crippen LogP contribution is -2.56. The van der Waals surface area contributed by atoms with Gasteiger partial charge in [0, 0.05) is 36.9 Å². The Bertz CT molecular complexity index is 1030. The van der Waals surface area contributed by atoms with Gasteiger partial charge in [0.25, 0.3) is 0 Å². The number of carbonyl (C=O) groups is 3. The van der Waals surface area contributed by atoms with E-state index in [4.69, 9.17) is 9.84 Å². The van der Waals surface area contributed by atoms with Gasteiger partial charge in [-0.3, -0.25) is 9.59 Å². The van der Waals surface area contributed by atoms with Crippen LogP contribution in [-0.2, 0) is 14.3 Å². The normalized spacial score (nSPS) is 16.4. The summed E-state index contributed by atoms with van der Waals surface area (Å²) in [6, 6.07) is 16.3.